The summed E-state index contributed by atoms with van der Waals surface area (Å²) < 4.78 is 34.7. The summed E-state index contributed by atoms with van der Waals surface area (Å²) in [4.78, 5) is 11.4. The maximum atomic E-state index is 12.1. The Kier molecular flexibility index (Phi) is 6.30. The number of carbonyl (C=O) groups is 1. The first-order valence-electron chi connectivity index (χ1n) is 10.3. The zero-order valence-electron chi connectivity index (χ0n) is 17.6. The Balaban J connectivity index is 1.42. The quantitative estimate of drug-likeness (QED) is 0.375. The summed E-state index contributed by atoms with van der Waals surface area (Å²) in [5.41, 5.74) is 3.72. The van der Waals surface area contributed by atoms with Gasteiger partial charge in [-0.2, -0.15) is 0 Å². The molecule has 4 rings (SSSR count). The fourth-order valence-corrected chi connectivity index (χ4v) is 4.69. The number of hydrogen-bond donors (Lipinski definition) is 0. The molecule has 1 aliphatic heterocycles. The molecule has 7 heteroatoms. The molecule has 1 atom stereocenters. The molecule has 0 N–H and O–H groups in total. The fourth-order valence-electron chi connectivity index (χ4n) is 3.66. The molecule has 2 aromatic rings. The molecule has 1 heterocycles. The van der Waals surface area contributed by atoms with Gasteiger partial charge in [-0.05, 0) is 67.7 Å². The van der Waals surface area contributed by atoms with Crippen LogP contribution in [-0.2, 0) is 20.5 Å². The number of carbonyl (C=O) groups excluding carboxylic acids is 1. The average molecular weight is 440 g/mol. The zero-order valence-corrected chi connectivity index (χ0v) is 18.5. The van der Waals surface area contributed by atoms with Gasteiger partial charge in [0.05, 0.1) is 6.61 Å². The van der Waals surface area contributed by atoms with E-state index in [2.05, 4.69) is 6.08 Å². The van der Waals surface area contributed by atoms with E-state index in [4.69, 9.17) is 18.5 Å². The number of hydrogen-bond acceptors (Lipinski definition) is 6. The summed E-state index contributed by atoms with van der Waals surface area (Å²) in [6, 6.07) is 12.9. The van der Waals surface area contributed by atoms with E-state index in [0.717, 1.165) is 47.8 Å². The molecular weight excluding hydrogens is 415 g/mol. The molecule has 1 aliphatic carbocycles. The first-order chi connectivity index (χ1) is 15.0. The van der Waals surface area contributed by atoms with Gasteiger partial charge in [0.2, 0.25) is 0 Å². The van der Waals surface area contributed by atoms with Gasteiger partial charge in [0.1, 0.15) is 35.9 Å². The van der Waals surface area contributed by atoms with Crippen molar-refractivity contribution in [2.75, 3.05) is 13.3 Å². The Hall–Kier alpha value is -2.82. The molecule has 0 aromatic heterocycles. The van der Waals surface area contributed by atoms with Gasteiger partial charge in [0.15, 0.2) is 0 Å². The molecule has 0 saturated heterocycles. The van der Waals surface area contributed by atoms with Crippen LogP contribution in [0, 0.1) is 0 Å². The molecule has 31 heavy (non-hydrogen) atoms. The van der Waals surface area contributed by atoms with Gasteiger partial charge >= 0.3 is 7.60 Å². The number of aldehydes is 1. The van der Waals surface area contributed by atoms with Crippen LogP contribution in [0.2, 0.25) is 0 Å². The Bertz CT molecular complexity index is 1080. The molecule has 0 radical (unpaired) electrons. The van der Waals surface area contributed by atoms with Crippen LogP contribution < -0.4 is 14.0 Å². The van der Waals surface area contributed by atoms with Crippen molar-refractivity contribution in [1.82, 2.24) is 0 Å². The van der Waals surface area contributed by atoms with E-state index >= 15 is 0 Å². The number of allylic oxidation sites excluding steroid dienone is 2. The highest BCUT2D eigenvalue weighted by molar-refractivity contribution is 7.53. The van der Waals surface area contributed by atoms with Crippen LogP contribution in [0.4, 0.5) is 0 Å². The number of rotatable bonds is 8. The lowest BCUT2D eigenvalue weighted by Crippen LogP contribution is -2.13. The van der Waals surface area contributed by atoms with E-state index in [-0.39, 0.29) is 0 Å². The highest BCUT2D eigenvalue weighted by Gasteiger charge is 2.24. The second-order valence-electron chi connectivity index (χ2n) is 7.51. The van der Waals surface area contributed by atoms with Crippen LogP contribution in [0.3, 0.4) is 0 Å². The monoisotopic (exact) mass is 440 g/mol. The summed E-state index contributed by atoms with van der Waals surface area (Å²) in [5.74, 6) is 2.55. The molecule has 0 bridgehead atoms. The maximum Gasteiger partial charge on any atom is 0.376 e. The largest absolute Gasteiger partial charge is 0.489 e. The lowest BCUT2D eigenvalue weighted by Gasteiger charge is -2.26. The van der Waals surface area contributed by atoms with Gasteiger partial charge < -0.3 is 18.5 Å². The number of fused-ring (bicyclic) bond motifs is 2. The van der Waals surface area contributed by atoms with Crippen LogP contribution in [0.5, 0.6) is 17.2 Å². The SMILES string of the molecule is CCOP(C)(=O)Oc1ccc(COc2ccc3c(c2)OC2=C(C=O)CCCC2=C3)cc1. The molecule has 6 nitrogen and oxygen atoms in total. The van der Waals surface area contributed by atoms with Crippen molar-refractivity contribution in [3.05, 3.63) is 70.5 Å². The molecule has 2 aromatic carbocycles. The van der Waals surface area contributed by atoms with Crippen LogP contribution >= 0.6 is 7.60 Å². The van der Waals surface area contributed by atoms with E-state index in [9.17, 15) is 9.36 Å². The highest BCUT2D eigenvalue weighted by Crippen LogP contribution is 2.44. The lowest BCUT2D eigenvalue weighted by molar-refractivity contribution is -0.105. The summed E-state index contributed by atoms with van der Waals surface area (Å²) in [6.45, 7) is 3.91. The van der Waals surface area contributed by atoms with Crippen molar-refractivity contribution in [2.24, 2.45) is 0 Å². The van der Waals surface area contributed by atoms with Gasteiger partial charge in [-0.25, -0.2) is 4.57 Å². The predicted molar refractivity (Wildman–Crippen MR) is 119 cm³/mol. The maximum absolute atomic E-state index is 12.1. The van der Waals surface area contributed by atoms with Crippen molar-refractivity contribution >= 4 is 20.0 Å². The Morgan fingerprint density at radius 1 is 1.10 bits per heavy atom. The van der Waals surface area contributed by atoms with E-state index in [1.165, 1.54) is 6.66 Å². The van der Waals surface area contributed by atoms with Crippen molar-refractivity contribution in [1.29, 1.82) is 0 Å². The molecule has 0 saturated carbocycles. The minimum atomic E-state index is -3.10. The molecule has 162 valence electrons. The van der Waals surface area contributed by atoms with E-state index in [0.29, 0.717) is 36.2 Å². The minimum absolute atomic E-state index is 0.328. The molecule has 1 unspecified atom stereocenters. The van der Waals surface area contributed by atoms with Crippen LogP contribution in [0.25, 0.3) is 6.08 Å². The third-order valence-electron chi connectivity index (χ3n) is 5.11. The van der Waals surface area contributed by atoms with Gasteiger partial charge in [-0.15, -0.1) is 0 Å². The van der Waals surface area contributed by atoms with E-state index in [1.54, 1.807) is 19.1 Å². The van der Waals surface area contributed by atoms with Crippen LogP contribution in [0.15, 0.2) is 59.4 Å². The van der Waals surface area contributed by atoms with Crippen LogP contribution in [0.1, 0.15) is 37.3 Å². The van der Waals surface area contributed by atoms with Crippen molar-refractivity contribution in [2.45, 2.75) is 32.8 Å². The molecule has 0 spiro atoms. The minimum Gasteiger partial charge on any atom is -0.489 e. The van der Waals surface area contributed by atoms with Gasteiger partial charge in [-0.1, -0.05) is 12.1 Å². The van der Waals surface area contributed by atoms with Crippen molar-refractivity contribution in [3.8, 4) is 17.2 Å². The molecule has 0 amide bonds. The third kappa shape index (κ3) is 5.09. The first-order valence-corrected chi connectivity index (χ1v) is 12.3. The molecule has 2 aliphatic rings. The Labute approximate surface area is 182 Å². The molecule has 0 fully saturated rings. The van der Waals surface area contributed by atoms with E-state index in [1.807, 2.05) is 30.3 Å². The lowest BCUT2D eigenvalue weighted by atomic mass is 9.91. The highest BCUT2D eigenvalue weighted by atomic mass is 31.2. The topological polar surface area (TPSA) is 71.1 Å². The van der Waals surface area contributed by atoms with Crippen molar-refractivity contribution < 1.29 is 27.9 Å². The van der Waals surface area contributed by atoms with Crippen LogP contribution in [-0.4, -0.2) is 19.6 Å². The second kappa shape index (κ2) is 9.13. The van der Waals surface area contributed by atoms with Gasteiger partial charge in [0, 0.05) is 23.9 Å². The number of benzene rings is 2. The fraction of sp³-hybridized carbons (Fsp3) is 0.292. The number of ether oxygens (including phenoxy) is 2. The summed E-state index contributed by atoms with van der Waals surface area (Å²) in [7, 11) is -3.10. The smallest absolute Gasteiger partial charge is 0.376 e. The van der Waals surface area contributed by atoms with Gasteiger partial charge in [0.25, 0.3) is 0 Å². The Morgan fingerprint density at radius 3 is 2.61 bits per heavy atom. The molecular formula is C24H25O6P. The van der Waals surface area contributed by atoms with Crippen molar-refractivity contribution in [3.63, 3.8) is 0 Å². The standard InChI is InChI=1S/C24H25O6P/c1-3-28-31(2,26)30-21-10-7-17(8-11-21)16-27-22-12-9-18-13-19-5-4-6-20(15-25)24(19)29-23(18)14-22/h7-15H,3-6,16H2,1-2H3. The Morgan fingerprint density at radius 2 is 1.87 bits per heavy atom. The summed E-state index contributed by atoms with van der Waals surface area (Å²) in [6.07, 6.45) is 5.62. The second-order valence-corrected chi connectivity index (χ2v) is 9.49. The summed E-state index contributed by atoms with van der Waals surface area (Å²) in [5, 5.41) is 0. The normalized spacial score (nSPS) is 16.9. The predicted octanol–water partition coefficient (Wildman–Crippen LogP) is 5.92. The average Bonchev–Trinajstić information content (AvgIpc) is 2.76. The van der Waals surface area contributed by atoms with Gasteiger partial charge in [-0.3, -0.25) is 4.79 Å². The first kappa shape index (κ1) is 21.4. The third-order valence-corrected chi connectivity index (χ3v) is 6.38. The van der Waals surface area contributed by atoms with E-state index < -0.39 is 7.60 Å². The zero-order chi connectivity index (χ0) is 21.8. The summed E-state index contributed by atoms with van der Waals surface area (Å²) >= 11 is 0.